The van der Waals surface area contributed by atoms with E-state index in [-0.39, 0.29) is 5.82 Å². The summed E-state index contributed by atoms with van der Waals surface area (Å²) >= 11 is 0. The van der Waals surface area contributed by atoms with Crippen molar-refractivity contribution in [1.29, 1.82) is 0 Å². The van der Waals surface area contributed by atoms with E-state index in [4.69, 9.17) is 0 Å². The highest BCUT2D eigenvalue weighted by Crippen LogP contribution is 2.20. The molecule has 0 aromatic heterocycles. The first-order chi connectivity index (χ1) is 8.66. The van der Waals surface area contributed by atoms with Crippen LogP contribution in [0, 0.1) is 5.82 Å². The quantitative estimate of drug-likeness (QED) is 0.870. The van der Waals surface area contributed by atoms with Crippen LogP contribution in [0.15, 0.2) is 54.6 Å². The molecule has 4 heteroatoms. The van der Waals surface area contributed by atoms with Gasteiger partial charge in [0.05, 0.1) is 0 Å². The average molecular weight is 245 g/mol. The normalized spacial score (nSPS) is 11.8. The van der Waals surface area contributed by atoms with E-state index in [1.54, 1.807) is 12.1 Å². The third-order valence-electron chi connectivity index (χ3n) is 2.54. The minimum Gasteiger partial charge on any atom is -0.479 e. The fraction of sp³-hybridized carbons (Fsp3) is 0.0714. The van der Waals surface area contributed by atoms with Gasteiger partial charge < -0.3 is 10.4 Å². The summed E-state index contributed by atoms with van der Waals surface area (Å²) in [7, 11) is 0. The predicted octanol–water partition coefficient (Wildman–Crippen LogP) is 3.06. The minimum atomic E-state index is -1.01. The SMILES string of the molecule is O=C(O)[C@H](Nc1ccccc1)c1ccc(F)cc1. The second kappa shape index (κ2) is 5.31. The maximum atomic E-state index is 12.8. The Bertz CT molecular complexity index is 525. The Kier molecular flexibility index (Phi) is 3.57. The van der Waals surface area contributed by atoms with Gasteiger partial charge in [0, 0.05) is 5.69 Å². The van der Waals surface area contributed by atoms with Gasteiger partial charge in [-0.05, 0) is 29.8 Å². The number of aliphatic carboxylic acids is 1. The lowest BCUT2D eigenvalue weighted by molar-refractivity contribution is -0.138. The van der Waals surface area contributed by atoms with E-state index in [9.17, 15) is 14.3 Å². The molecule has 0 unspecified atom stereocenters. The number of hydrogen-bond donors (Lipinski definition) is 2. The van der Waals surface area contributed by atoms with Gasteiger partial charge in [0.25, 0.3) is 0 Å². The molecule has 2 rings (SSSR count). The monoisotopic (exact) mass is 245 g/mol. The van der Waals surface area contributed by atoms with Gasteiger partial charge in [-0.15, -0.1) is 0 Å². The Labute approximate surface area is 104 Å². The van der Waals surface area contributed by atoms with Crippen LogP contribution in [0.3, 0.4) is 0 Å². The number of halogens is 1. The Hall–Kier alpha value is -2.36. The third-order valence-corrected chi connectivity index (χ3v) is 2.54. The summed E-state index contributed by atoms with van der Waals surface area (Å²) in [6.45, 7) is 0. The smallest absolute Gasteiger partial charge is 0.330 e. The van der Waals surface area contributed by atoms with E-state index in [2.05, 4.69) is 5.32 Å². The van der Waals surface area contributed by atoms with Gasteiger partial charge in [-0.2, -0.15) is 0 Å². The molecule has 0 amide bonds. The van der Waals surface area contributed by atoms with Crippen LogP contribution in [0.5, 0.6) is 0 Å². The molecular formula is C14H12FNO2. The van der Waals surface area contributed by atoms with Crippen LogP contribution in [-0.2, 0) is 4.79 Å². The van der Waals surface area contributed by atoms with E-state index in [1.165, 1.54) is 24.3 Å². The molecule has 2 N–H and O–H groups in total. The van der Waals surface area contributed by atoms with E-state index in [0.717, 1.165) is 0 Å². The van der Waals surface area contributed by atoms with Crippen molar-refractivity contribution in [2.24, 2.45) is 0 Å². The highest BCUT2D eigenvalue weighted by atomic mass is 19.1. The number of carboxylic acids is 1. The van der Waals surface area contributed by atoms with Gasteiger partial charge in [0.15, 0.2) is 6.04 Å². The Morgan fingerprint density at radius 1 is 1.06 bits per heavy atom. The number of carbonyl (C=O) groups is 1. The zero-order chi connectivity index (χ0) is 13.0. The molecule has 0 fully saturated rings. The van der Waals surface area contributed by atoms with Crippen molar-refractivity contribution in [1.82, 2.24) is 0 Å². The zero-order valence-electron chi connectivity index (χ0n) is 9.51. The molecule has 0 radical (unpaired) electrons. The lowest BCUT2D eigenvalue weighted by atomic mass is 10.1. The molecule has 92 valence electrons. The summed E-state index contributed by atoms with van der Waals surface area (Å²) in [5, 5.41) is 12.1. The molecule has 18 heavy (non-hydrogen) atoms. The number of rotatable bonds is 4. The van der Waals surface area contributed by atoms with Gasteiger partial charge in [-0.1, -0.05) is 30.3 Å². The standard InChI is InChI=1S/C14H12FNO2/c15-11-8-6-10(7-9-11)13(14(17)18)16-12-4-2-1-3-5-12/h1-9,13,16H,(H,17,18)/t13-/m1/s1. The van der Waals surface area contributed by atoms with Crippen molar-refractivity contribution in [2.75, 3.05) is 5.32 Å². The molecule has 0 aliphatic rings. The highest BCUT2D eigenvalue weighted by Gasteiger charge is 2.19. The Morgan fingerprint density at radius 2 is 1.67 bits per heavy atom. The van der Waals surface area contributed by atoms with Crippen LogP contribution in [0.1, 0.15) is 11.6 Å². The van der Waals surface area contributed by atoms with Crippen molar-refractivity contribution in [2.45, 2.75) is 6.04 Å². The van der Waals surface area contributed by atoms with Crippen LogP contribution in [-0.4, -0.2) is 11.1 Å². The van der Waals surface area contributed by atoms with Crippen LogP contribution < -0.4 is 5.32 Å². The number of nitrogens with one attached hydrogen (secondary N) is 1. The summed E-state index contributed by atoms with van der Waals surface area (Å²) in [5.41, 5.74) is 1.21. The molecule has 0 spiro atoms. The highest BCUT2D eigenvalue weighted by molar-refractivity contribution is 5.79. The topological polar surface area (TPSA) is 49.3 Å². The summed E-state index contributed by atoms with van der Waals surface area (Å²) < 4.78 is 12.8. The number of benzene rings is 2. The van der Waals surface area contributed by atoms with Crippen molar-refractivity contribution in [3.63, 3.8) is 0 Å². The number of anilines is 1. The molecule has 1 atom stereocenters. The lowest BCUT2D eigenvalue weighted by Crippen LogP contribution is -2.20. The summed E-state index contributed by atoms with van der Waals surface area (Å²) in [6, 6.07) is 13.5. The summed E-state index contributed by atoms with van der Waals surface area (Å²) in [6.07, 6.45) is 0. The maximum Gasteiger partial charge on any atom is 0.330 e. The first-order valence-electron chi connectivity index (χ1n) is 5.46. The molecule has 0 bridgehead atoms. The van der Waals surface area contributed by atoms with Gasteiger partial charge in [0.2, 0.25) is 0 Å². The van der Waals surface area contributed by atoms with E-state index >= 15 is 0 Å². The average Bonchev–Trinajstić information content (AvgIpc) is 2.38. The largest absolute Gasteiger partial charge is 0.479 e. The maximum absolute atomic E-state index is 12.8. The van der Waals surface area contributed by atoms with Crippen molar-refractivity contribution >= 4 is 11.7 Å². The van der Waals surface area contributed by atoms with Gasteiger partial charge >= 0.3 is 5.97 Å². The Balaban J connectivity index is 2.24. The van der Waals surface area contributed by atoms with Crippen molar-refractivity contribution in [3.05, 3.63) is 66.0 Å². The fourth-order valence-corrected chi connectivity index (χ4v) is 1.64. The molecule has 3 nitrogen and oxygen atoms in total. The van der Waals surface area contributed by atoms with Gasteiger partial charge in [0.1, 0.15) is 5.82 Å². The lowest BCUT2D eigenvalue weighted by Gasteiger charge is -2.16. The van der Waals surface area contributed by atoms with E-state index < -0.39 is 12.0 Å². The molecular weight excluding hydrogens is 233 g/mol. The number of carboxylic acid groups (broad SMARTS) is 1. The molecule has 0 saturated carbocycles. The first-order valence-corrected chi connectivity index (χ1v) is 5.46. The molecule has 2 aromatic carbocycles. The minimum absolute atomic E-state index is 0.386. The van der Waals surface area contributed by atoms with Crippen molar-refractivity contribution < 1.29 is 14.3 Å². The second-order valence-corrected chi connectivity index (χ2v) is 3.83. The molecule has 0 heterocycles. The molecule has 0 aliphatic heterocycles. The summed E-state index contributed by atoms with van der Waals surface area (Å²) in [4.78, 5) is 11.2. The van der Waals surface area contributed by atoms with Gasteiger partial charge in [-0.25, -0.2) is 9.18 Å². The second-order valence-electron chi connectivity index (χ2n) is 3.83. The number of hydrogen-bond acceptors (Lipinski definition) is 2. The summed E-state index contributed by atoms with van der Waals surface area (Å²) in [5.74, 6) is -1.40. The van der Waals surface area contributed by atoms with Crippen LogP contribution in [0.2, 0.25) is 0 Å². The first kappa shape index (κ1) is 12.1. The molecule has 0 aliphatic carbocycles. The third kappa shape index (κ3) is 2.85. The molecule has 0 saturated heterocycles. The Morgan fingerprint density at radius 3 is 2.22 bits per heavy atom. The van der Waals surface area contributed by atoms with Crippen LogP contribution in [0.25, 0.3) is 0 Å². The fourth-order valence-electron chi connectivity index (χ4n) is 1.64. The number of para-hydroxylation sites is 1. The zero-order valence-corrected chi connectivity index (χ0v) is 9.51. The van der Waals surface area contributed by atoms with Crippen LogP contribution >= 0.6 is 0 Å². The van der Waals surface area contributed by atoms with Crippen LogP contribution in [0.4, 0.5) is 10.1 Å². The van der Waals surface area contributed by atoms with Crippen molar-refractivity contribution in [3.8, 4) is 0 Å². The van der Waals surface area contributed by atoms with Gasteiger partial charge in [-0.3, -0.25) is 0 Å². The molecule has 2 aromatic rings. The van der Waals surface area contributed by atoms with E-state index in [1.807, 2.05) is 18.2 Å². The predicted molar refractivity (Wildman–Crippen MR) is 66.8 cm³/mol. The van der Waals surface area contributed by atoms with E-state index in [0.29, 0.717) is 11.3 Å².